The average Bonchev–Trinajstić information content (AvgIpc) is 2.54. The van der Waals surface area contributed by atoms with Gasteiger partial charge in [-0.1, -0.05) is 26.0 Å². The summed E-state index contributed by atoms with van der Waals surface area (Å²) in [6.07, 6.45) is 4.58. The van der Waals surface area contributed by atoms with Crippen molar-refractivity contribution < 1.29 is 9.90 Å². The molecule has 3 rings (SSSR count). The maximum atomic E-state index is 13.3. The first-order valence-electron chi connectivity index (χ1n) is 8.32. The predicted molar refractivity (Wildman–Crippen MR) is 89.9 cm³/mol. The van der Waals surface area contributed by atoms with E-state index in [1.165, 1.54) is 11.1 Å². The van der Waals surface area contributed by atoms with Gasteiger partial charge in [-0.15, -0.1) is 0 Å². The number of ketones is 1. The number of Topliss-reactive ketones (excluding diaryl/α,β-unsaturated/α-hetero) is 1. The van der Waals surface area contributed by atoms with Gasteiger partial charge in [0.1, 0.15) is 0 Å². The SMILES string of the molecule is Cc1ccc2c3c1CCC[C@](C)(O)[C@]3(C)C(=O)C(C(C)C)=C2. The number of benzene rings is 1. The lowest BCUT2D eigenvalue weighted by atomic mass is 9.59. The number of allylic oxidation sites excluding steroid dienone is 1. The minimum atomic E-state index is -1.01. The lowest BCUT2D eigenvalue weighted by molar-refractivity contribution is -0.131. The van der Waals surface area contributed by atoms with Crippen LogP contribution in [-0.2, 0) is 16.6 Å². The minimum absolute atomic E-state index is 0.105. The van der Waals surface area contributed by atoms with Crippen molar-refractivity contribution in [1.29, 1.82) is 0 Å². The molecule has 0 spiro atoms. The van der Waals surface area contributed by atoms with Gasteiger partial charge in [0.15, 0.2) is 5.78 Å². The van der Waals surface area contributed by atoms with Crippen LogP contribution in [0.1, 0.15) is 62.8 Å². The van der Waals surface area contributed by atoms with Crippen LogP contribution in [-0.4, -0.2) is 16.5 Å². The monoisotopic (exact) mass is 298 g/mol. The van der Waals surface area contributed by atoms with Gasteiger partial charge in [0.25, 0.3) is 0 Å². The van der Waals surface area contributed by atoms with E-state index in [4.69, 9.17) is 0 Å². The molecule has 0 bridgehead atoms. The van der Waals surface area contributed by atoms with E-state index < -0.39 is 11.0 Å². The number of hydrogen-bond donors (Lipinski definition) is 1. The van der Waals surface area contributed by atoms with Crippen LogP contribution in [0.3, 0.4) is 0 Å². The molecular formula is C20H26O2. The second-order valence-electron chi connectivity index (χ2n) is 7.66. The molecule has 2 aliphatic carbocycles. The Hall–Kier alpha value is -1.41. The van der Waals surface area contributed by atoms with Gasteiger partial charge < -0.3 is 5.11 Å². The Labute approximate surface area is 133 Å². The Kier molecular flexibility index (Phi) is 3.37. The molecule has 1 aromatic rings. The Morgan fingerprint density at radius 2 is 1.91 bits per heavy atom. The van der Waals surface area contributed by atoms with Crippen LogP contribution in [0.4, 0.5) is 0 Å². The van der Waals surface area contributed by atoms with Crippen molar-refractivity contribution in [3.05, 3.63) is 40.0 Å². The van der Waals surface area contributed by atoms with Crippen molar-refractivity contribution in [1.82, 2.24) is 0 Å². The molecule has 1 aromatic carbocycles. The molecule has 0 aromatic heterocycles. The molecule has 0 amide bonds. The Morgan fingerprint density at radius 1 is 1.23 bits per heavy atom. The van der Waals surface area contributed by atoms with Crippen molar-refractivity contribution in [2.75, 3.05) is 0 Å². The van der Waals surface area contributed by atoms with Gasteiger partial charge in [-0.2, -0.15) is 0 Å². The summed E-state index contributed by atoms with van der Waals surface area (Å²) in [6.45, 7) is 10.0. The third kappa shape index (κ3) is 1.86. The smallest absolute Gasteiger partial charge is 0.172 e. The van der Waals surface area contributed by atoms with Crippen molar-refractivity contribution in [3.63, 3.8) is 0 Å². The average molecular weight is 298 g/mol. The van der Waals surface area contributed by atoms with Gasteiger partial charge in [-0.3, -0.25) is 4.79 Å². The normalized spacial score (nSPS) is 30.9. The van der Waals surface area contributed by atoms with Crippen LogP contribution in [0.5, 0.6) is 0 Å². The first kappa shape index (κ1) is 15.5. The summed E-state index contributed by atoms with van der Waals surface area (Å²) in [5, 5.41) is 11.2. The van der Waals surface area contributed by atoms with E-state index in [1.54, 1.807) is 0 Å². The predicted octanol–water partition coefficient (Wildman–Crippen LogP) is 3.96. The van der Waals surface area contributed by atoms with Gasteiger partial charge in [-0.05, 0) is 79.9 Å². The van der Waals surface area contributed by atoms with E-state index >= 15 is 0 Å². The van der Waals surface area contributed by atoms with Gasteiger partial charge in [0.2, 0.25) is 0 Å². The summed E-state index contributed by atoms with van der Waals surface area (Å²) in [6, 6.07) is 4.27. The zero-order valence-corrected chi connectivity index (χ0v) is 14.3. The Bertz CT molecular complexity index is 679. The van der Waals surface area contributed by atoms with E-state index in [-0.39, 0.29) is 11.7 Å². The van der Waals surface area contributed by atoms with Gasteiger partial charge in [0.05, 0.1) is 11.0 Å². The van der Waals surface area contributed by atoms with Crippen LogP contribution in [0, 0.1) is 12.8 Å². The topological polar surface area (TPSA) is 37.3 Å². The number of carbonyl (C=O) groups is 1. The molecule has 0 saturated heterocycles. The quantitative estimate of drug-likeness (QED) is 0.852. The molecule has 2 aliphatic rings. The molecule has 0 saturated carbocycles. The first-order valence-corrected chi connectivity index (χ1v) is 8.32. The molecule has 2 atom stereocenters. The standard InChI is InChI=1S/C20H26O2/c1-12(2)16-11-14-9-8-13(3)15-7-6-10-19(4,22)20(5,17(14)15)18(16)21/h8-9,11-12,22H,6-7,10H2,1-5H3/t19-,20-/m0/s1. The van der Waals surface area contributed by atoms with E-state index in [0.29, 0.717) is 6.42 Å². The van der Waals surface area contributed by atoms with Crippen molar-refractivity contribution >= 4 is 11.9 Å². The van der Waals surface area contributed by atoms with Crippen molar-refractivity contribution in [2.24, 2.45) is 5.92 Å². The maximum Gasteiger partial charge on any atom is 0.172 e. The maximum absolute atomic E-state index is 13.3. The molecule has 2 nitrogen and oxygen atoms in total. The molecule has 0 fully saturated rings. The highest BCUT2D eigenvalue weighted by Gasteiger charge is 2.55. The highest BCUT2D eigenvalue weighted by atomic mass is 16.3. The fourth-order valence-corrected chi connectivity index (χ4v) is 4.24. The number of carbonyl (C=O) groups excluding carboxylic acids is 1. The summed E-state index contributed by atoms with van der Waals surface area (Å²) in [4.78, 5) is 13.3. The number of hydrogen-bond acceptors (Lipinski definition) is 2. The van der Waals surface area contributed by atoms with Crippen LogP contribution < -0.4 is 0 Å². The Morgan fingerprint density at radius 3 is 2.55 bits per heavy atom. The number of aliphatic hydroxyl groups is 1. The fraction of sp³-hybridized carbons (Fsp3) is 0.550. The number of aryl methyl sites for hydroxylation is 1. The largest absolute Gasteiger partial charge is 0.389 e. The highest BCUT2D eigenvalue weighted by Crippen LogP contribution is 2.50. The molecule has 2 heteroatoms. The van der Waals surface area contributed by atoms with E-state index in [0.717, 1.165) is 29.5 Å². The van der Waals surface area contributed by atoms with Gasteiger partial charge >= 0.3 is 0 Å². The van der Waals surface area contributed by atoms with Gasteiger partial charge in [-0.25, -0.2) is 0 Å². The minimum Gasteiger partial charge on any atom is -0.389 e. The zero-order chi connectivity index (χ0) is 16.3. The fourth-order valence-electron chi connectivity index (χ4n) is 4.24. The Balaban J connectivity index is 2.41. The van der Waals surface area contributed by atoms with E-state index in [2.05, 4.69) is 39.0 Å². The zero-order valence-electron chi connectivity index (χ0n) is 14.3. The molecule has 118 valence electrons. The molecular weight excluding hydrogens is 272 g/mol. The lowest BCUT2D eigenvalue weighted by Crippen LogP contribution is -2.55. The summed E-state index contributed by atoms with van der Waals surface area (Å²) >= 11 is 0. The third-order valence-corrected chi connectivity index (χ3v) is 5.90. The van der Waals surface area contributed by atoms with Crippen LogP contribution in [0.25, 0.3) is 6.08 Å². The third-order valence-electron chi connectivity index (χ3n) is 5.90. The molecule has 0 radical (unpaired) electrons. The van der Waals surface area contributed by atoms with Crippen LogP contribution >= 0.6 is 0 Å². The number of rotatable bonds is 1. The van der Waals surface area contributed by atoms with Crippen molar-refractivity contribution in [3.8, 4) is 0 Å². The second kappa shape index (κ2) is 4.79. The van der Waals surface area contributed by atoms with Crippen molar-refractivity contribution in [2.45, 2.75) is 64.9 Å². The summed E-state index contributed by atoms with van der Waals surface area (Å²) in [5.41, 5.74) is 3.69. The molecule has 1 N–H and O–H groups in total. The summed E-state index contributed by atoms with van der Waals surface area (Å²) in [7, 11) is 0. The summed E-state index contributed by atoms with van der Waals surface area (Å²) < 4.78 is 0. The molecule has 0 heterocycles. The second-order valence-corrected chi connectivity index (χ2v) is 7.66. The summed E-state index contributed by atoms with van der Waals surface area (Å²) in [5.74, 6) is 0.273. The molecule has 0 unspecified atom stereocenters. The van der Waals surface area contributed by atoms with E-state index in [9.17, 15) is 9.90 Å². The van der Waals surface area contributed by atoms with Crippen LogP contribution in [0.15, 0.2) is 17.7 Å². The first-order chi connectivity index (χ1) is 10.2. The van der Waals surface area contributed by atoms with E-state index in [1.807, 2.05) is 13.8 Å². The van der Waals surface area contributed by atoms with Gasteiger partial charge in [0, 0.05) is 0 Å². The highest BCUT2D eigenvalue weighted by molar-refractivity contribution is 6.11. The lowest BCUT2D eigenvalue weighted by Gasteiger charge is -2.45. The molecule has 22 heavy (non-hydrogen) atoms. The molecule has 0 aliphatic heterocycles. The van der Waals surface area contributed by atoms with Crippen LogP contribution in [0.2, 0.25) is 0 Å².